The van der Waals surface area contributed by atoms with Crippen LogP contribution >= 0.6 is 0 Å². The number of aromatic nitrogens is 1. The van der Waals surface area contributed by atoms with Gasteiger partial charge in [0, 0.05) is 31.4 Å². The number of ether oxygens (including phenoxy) is 1. The van der Waals surface area contributed by atoms with Crippen LogP contribution in [0.25, 0.3) is 21.9 Å². The minimum atomic E-state index is -1.23. The van der Waals surface area contributed by atoms with Crippen LogP contribution < -0.4 is 0 Å². The fourth-order valence-corrected chi connectivity index (χ4v) is 3.41. The molecular formula is C21H23NO3Si. The number of carbonyl (C=O) groups excluding carboxylic acids is 1. The van der Waals surface area contributed by atoms with Gasteiger partial charge in [-0.2, -0.15) is 0 Å². The van der Waals surface area contributed by atoms with Crippen LogP contribution in [0.2, 0.25) is 25.7 Å². The molecule has 2 aromatic carbocycles. The van der Waals surface area contributed by atoms with E-state index in [0.29, 0.717) is 12.2 Å². The van der Waals surface area contributed by atoms with Gasteiger partial charge in [-0.3, -0.25) is 4.98 Å². The molecule has 134 valence electrons. The average molecular weight is 366 g/mol. The number of nitrogens with zero attached hydrogens (tertiary/aromatic N) is 1. The highest BCUT2D eigenvalue weighted by Gasteiger charge is 2.15. The summed E-state index contributed by atoms with van der Waals surface area (Å²) in [7, 11) is -1.23. The largest absolute Gasteiger partial charge is 0.508 e. The molecule has 1 heterocycles. The van der Waals surface area contributed by atoms with Crippen LogP contribution in [0.5, 0.6) is 5.75 Å². The van der Waals surface area contributed by atoms with Gasteiger partial charge in [0.2, 0.25) is 0 Å². The first-order valence-electron chi connectivity index (χ1n) is 8.68. The van der Waals surface area contributed by atoms with Crippen LogP contribution in [0.4, 0.5) is 0 Å². The third-order valence-corrected chi connectivity index (χ3v) is 5.96. The van der Waals surface area contributed by atoms with Crippen LogP contribution in [-0.4, -0.2) is 30.7 Å². The summed E-state index contributed by atoms with van der Waals surface area (Å²) in [6, 6.07) is 13.4. The highest BCUT2D eigenvalue weighted by atomic mass is 28.3. The second kappa shape index (κ2) is 7.29. The summed E-state index contributed by atoms with van der Waals surface area (Å²) >= 11 is 0. The van der Waals surface area contributed by atoms with E-state index in [1.165, 1.54) is 0 Å². The molecule has 0 amide bonds. The Kier molecular flexibility index (Phi) is 5.09. The third kappa shape index (κ3) is 4.29. The Balaban J connectivity index is 1.91. The number of hydrogen-bond acceptors (Lipinski definition) is 4. The molecule has 0 spiro atoms. The summed E-state index contributed by atoms with van der Waals surface area (Å²) in [4.78, 5) is 16.7. The lowest BCUT2D eigenvalue weighted by atomic mass is 9.99. The number of phenolic OH excluding ortho intramolecular Hbond substituents is 1. The number of hydrogen-bond donors (Lipinski definition) is 1. The smallest absolute Gasteiger partial charge is 0.338 e. The van der Waals surface area contributed by atoms with E-state index in [2.05, 4.69) is 24.6 Å². The van der Waals surface area contributed by atoms with Crippen molar-refractivity contribution in [3.8, 4) is 16.9 Å². The molecule has 0 aliphatic rings. The van der Waals surface area contributed by atoms with Crippen molar-refractivity contribution < 1.29 is 14.6 Å². The lowest BCUT2D eigenvalue weighted by molar-refractivity contribution is 0.0525. The molecule has 3 aromatic rings. The Morgan fingerprint density at radius 3 is 2.50 bits per heavy atom. The van der Waals surface area contributed by atoms with E-state index in [1.54, 1.807) is 30.6 Å². The predicted molar refractivity (Wildman–Crippen MR) is 107 cm³/mol. The predicted octanol–water partition coefficient (Wildman–Crippen LogP) is 5.10. The van der Waals surface area contributed by atoms with Crippen LogP contribution in [0.3, 0.4) is 0 Å². The molecule has 0 bridgehead atoms. The molecule has 4 nitrogen and oxygen atoms in total. The van der Waals surface area contributed by atoms with Gasteiger partial charge in [0.05, 0.1) is 12.2 Å². The topological polar surface area (TPSA) is 59.4 Å². The Bertz CT molecular complexity index is 930. The van der Waals surface area contributed by atoms with E-state index in [0.717, 1.165) is 27.9 Å². The minimum Gasteiger partial charge on any atom is -0.508 e. The van der Waals surface area contributed by atoms with Crippen molar-refractivity contribution in [1.82, 2.24) is 4.98 Å². The monoisotopic (exact) mass is 365 g/mol. The standard InChI is InChI=1S/C21H23NO3Si/c1-26(2,3)11-10-25-21(24)16-4-5-17-13-22-14-20(19(17)12-16)15-6-8-18(23)9-7-15/h4-9,12-14,23H,10-11H2,1-3H3. The van der Waals surface area contributed by atoms with Gasteiger partial charge in [0.25, 0.3) is 0 Å². The maximum atomic E-state index is 12.4. The molecule has 1 N–H and O–H groups in total. The molecule has 0 aliphatic heterocycles. The first-order valence-corrected chi connectivity index (χ1v) is 12.4. The van der Waals surface area contributed by atoms with Gasteiger partial charge in [0.1, 0.15) is 5.75 Å². The summed E-state index contributed by atoms with van der Waals surface area (Å²) in [5.41, 5.74) is 2.39. The molecule has 5 heteroatoms. The molecule has 0 saturated heterocycles. The number of rotatable bonds is 5. The second-order valence-corrected chi connectivity index (χ2v) is 13.2. The zero-order chi connectivity index (χ0) is 18.7. The lowest BCUT2D eigenvalue weighted by Crippen LogP contribution is -2.22. The fourth-order valence-electron chi connectivity index (χ4n) is 2.70. The summed E-state index contributed by atoms with van der Waals surface area (Å²) in [5.74, 6) is -0.0766. The average Bonchev–Trinajstić information content (AvgIpc) is 2.60. The van der Waals surface area contributed by atoms with E-state index < -0.39 is 8.07 Å². The zero-order valence-corrected chi connectivity index (χ0v) is 16.3. The number of fused-ring (bicyclic) bond motifs is 1. The minimum absolute atomic E-state index is 0.216. The number of esters is 1. The van der Waals surface area contributed by atoms with Gasteiger partial charge in [-0.1, -0.05) is 37.8 Å². The molecule has 0 radical (unpaired) electrons. The summed E-state index contributed by atoms with van der Waals surface area (Å²) < 4.78 is 5.46. The van der Waals surface area contributed by atoms with Crippen LogP contribution in [0, 0.1) is 0 Å². The number of benzene rings is 2. The SMILES string of the molecule is C[Si](C)(C)CCOC(=O)c1ccc2cncc(-c3ccc(O)cc3)c2c1. The normalized spacial score (nSPS) is 11.5. The van der Waals surface area contributed by atoms with Gasteiger partial charge in [0.15, 0.2) is 0 Å². The maximum Gasteiger partial charge on any atom is 0.338 e. The van der Waals surface area contributed by atoms with Crippen LogP contribution in [-0.2, 0) is 4.74 Å². The van der Waals surface area contributed by atoms with Crippen molar-refractivity contribution in [2.45, 2.75) is 25.7 Å². The van der Waals surface area contributed by atoms with Gasteiger partial charge in [-0.25, -0.2) is 4.79 Å². The summed E-state index contributed by atoms with van der Waals surface area (Å²) in [5, 5.41) is 11.4. The first-order chi connectivity index (χ1) is 12.3. The van der Waals surface area contributed by atoms with Gasteiger partial charge in [-0.15, -0.1) is 0 Å². The number of carbonyl (C=O) groups is 1. The summed E-state index contributed by atoms with van der Waals surface area (Å²) in [6.07, 6.45) is 3.55. The highest BCUT2D eigenvalue weighted by molar-refractivity contribution is 6.76. The van der Waals surface area contributed by atoms with Crippen molar-refractivity contribution in [2.75, 3.05) is 6.61 Å². The van der Waals surface area contributed by atoms with Gasteiger partial charge in [-0.05, 0) is 41.3 Å². The zero-order valence-electron chi connectivity index (χ0n) is 15.3. The third-order valence-electron chi connectivity index (χ3n) is 4.26. The molecule has 0 aliphatic carbocycles. The molecule has 0 unspecified atom stereocenters. The first kappa shape index (κ1) is 18.1. The van der Waals surface area contributed by atoms with E-state index in [1.807, 2.05) is 24.3 Å². The Morgan fingerprint density at radius 2 is 1.81 bits per heavy atom. The molecule has 1 aromatic heterocycles. The van der Waals surface area contributed by atoms with Crippen LogP contribution in [0.15, 0.2) is 54.9 Å². The quantitative estimate of drug-likeness (QED) is 0.505. The van der Waals surface area contributed by atoms with E-state index in [9.17, 15) is 9.90 Å². The lowest BCUT2D eigenvalue weighted by Gasteiger charge is -2.15. The second-order valence-electron chi connectivity index (χ2n) is 7.62. The van der Waals surface area contributed by atoms with Crippen molar-refractivity contribution in [1.29, 1.82) is 0 Å². The Hall–Kier alpha value is -2.66. The molecule has 3 rings (SSSR count). The van der Waals surface area contributed by atoms with Gasteiger partial charge >= 0.3 is 5.97 Å². The Labute approximate surface area is 154 Å². The van der Waals surface area contributed by atoms with E-state index in [-0.39, 0.29) is 11.7 Å². The molecule has 0 saturated carbocycles. The number of phenols is 1. The Morgan fingerprint density at radius 1 is 1.08 bits per heavy atom. The number of pyridine rings is 1. The van der Waals surface area contributed by atoms with Crippen LogP contribution in [0.1, 0.15) is 10.4 Å². The molecular weight excluding hydrogens is 342 g/mol. The molecule has 26 heavy (non-hydrogen) atoms. The molecule has 0 fully saturated rings. The highest BCUT2D eigenvalue weighted by Crippen LogP contribution is 2.29. The fraction of sp³-hybridized carbons (Fsp3) is 0.238. The van der Waals surface area contributed by atoms with E-state index >= 15 is 0 Å². The van der Waals surface area contributed by atoms with Gasteiger partial charge < -0.3 is 9.84 Å². The number of aromatic hydroxyl groups is 1. The van der Waals surface area contributed by atoms with Crippen molar-refractivity contribution in [3.63, 3.8) is 0 Å². The van der Waals surface area contributed by atoms with Crippen molar-refractivity contribution in [3.05, 3.63) is 60.4 Å². The van der Waals surface area contributed by atoms with Crippen molar-refractivity contribution >= 4 is 24.8 Å². The maximum absolute atomic E-state index is 12.4. The van der Waals surface area contributed by atoms with Crippen molar-refractivity contribution in [2.24, 2.45) is 0 Å². The molecule has 0 atom stereocenters. The summed E-state index contributed by atoms with van der Waals surface area (Å²) in [6.45, 7) is 7.24. The van der Waals surface area contributed by atoms with E-state index in [4.69, 9.17) is 4.74 Å².